The molecule has 2 rings (SSSR count). The number of nitrogens with zero attached hydrogens (tertiary/aromatic N) is 2. The summed E-state index contributed by atoms with van der Waals surface area (Å²) >= 11 is 0. The molecule has 0 amide bonds. The summed E-state index contributed by atoms with van der Waals surface area (Å²) in [4.78, 5) is 18.8. The van der Waals surface area contributed by atoms with E-state index in [2.05, 4.69) is 9.88 Å². The molecule has 6 nitrogen and oxygen atoms in total. The SMILES string of the molecule is COc1ccc(CN(C)CCC(=O)c2cc(C)nc(OC)c2)c(OC)c1. The number of carbonyl (C=O) groups is 1. The third-order valence-corrected chi connectivity index (χ3v) is 4.12. The van der Waals surface area contributed by atoms with Crippen LogP contribution in [0.25, 0.3) is 0 Å². The van der Waals surface area contributed by atoms with Gasteiger partial charge in [0.25, 0.3) is 0 Å². The lowest BCUT2D eigenvalue weighted by Gasteiger charge is -2.18. The highest BCUT2D eigenvalue weighted by molar-refractivity contribution is 5.96. The van der Waals surface area contributed by atoms with Crippen molar-refractivity contribution in [3.05, 3.63) is 47.2 Å². The number of ketones is 1. The van der Waals surface area contributed by atoms with Gasteiger partial charge in [-0.15, -0.1) is 0 Å². The van der Waals surface area contributed by atoms with Crippen LogP contribution in [0.1, 0.15) is 28.0 Å². The molecule has 0 saturated carbocycles. The van der Waals surface area contributed by atoms with Crippen molar-refractivity contribution in [1.29, 1.82) is 0 Å². The predicted octanol–water partition coefficient (Wildman–Crippen LogP) is 3.12. The van der Waals surface area contributed by atoms with E-state index in [1.165, 1.54) is 0 Å². The van der Waals surface area contributed by atoms with Gasteiger partial charge in [0.05, 0.1) is 21.3 Å². The van der Waals surface area contributed by atoms with Crippen molar-refractivity contribution < 1.29 is 19.0 Å². The molecule has 140 valence electrons. The van der Waals surface area contributed by atoms with Crippen molar-refractivity contribution in [3.63, 3.8) is 0 Å². The second-order valence-electron chi connectivity index (χ2n) is 6.13. The van der Waals surface area contributed by atoms with Gasteiger partial charge in [0, 0.05) is 48.5 Å². The van der Waals surface area contributed by atoms with E-state index in [1.807, 2.05) is 32.2 Å². The van der Waals surface area contributed by atoms with Crippen LogP contribution in [0.3, 0.4) is 0 Å². The Morgan fingerprint density at radius 3 is 2.50 bits per heavy atom. The highest BCUT2D eigenvalue weighted by atomic mass is 16.5. The van der Waals surface area contributed by atoms with Crippen LogP contribution in [0.2, 0.25) is 0 Å². The maximum Gasteiger partial charge on any atom is 0.213 e. The minimum absolute atomic E-state index is 0.0716. The van der Waals surface area contributed by atoms with Crippen molar-refractivity contribution >= 4 is 5.78 Å². The molecule has 0 aliphatic heterocycles. The highest BCUT2D eigenvalue weighted by Gasteiger charge is 2.12. The molecule has 0 aliphatic rings. The molecule has 0 unspecified atom stereocenters. The summed E-state index contributed by atoms with van der Waals surface area (Å²) in [7, 11) is 6.80. The molecule has 0 atom stereocenters. The van der Waals surface area contributed by atoms with E-state index in [1.54, 1.807) is 33.5 Å². The molecule has 0 bridgehead atoms. The zero-order valence-electron chi connectivity index (χ0n) is 16.0. The number of hydrogen-bond donors (Lipinski definition) is 0. The molecule has 1 heterocycles. The summed E-state index contributed by atoms with van der Waals surface area (Å²) in [6, 6.07) is 9.22. The van der Waals surface area contributed by atoms with Crippen LogP contribution in [-0.4, -0.2) is 50.6 Å². The molecular formula is C20H26N2O4. The molecule has 0 spiro atoms. The van der Waals surface area contributed by atoms with Gasteiger partial charge in [-0.05, 0) is 26.1 Å². The molecule has 2 aromatic rings. The molecule has 1 aromatic heterocycles. The van der Waals surface area contributed by atoms with Gasteiger partial charge in [-0.3, -0.25) is 4.79 Å². The predicted molar refractivity (Wildman–Crippen MR) is 100 cm³/mol. The largest absolute Gasteiger partial charge is 0.497 e. The number of rotatable bonds is 9. The van der Waals surface area contributed by atoms with E-state index < -0.39 is 0 Å². The number of benzene rings is 1. The van der Waals surface area contributed by atoms with Crippen LogP contribution in [-0.2, 0) is 6.54 Å². The van der Waals surface area contributed by atoms with Gasteiger partial charge < -0.3 is 19.1 Å². The van der Waals surface area contributed by atoms with E-state index in [0.717, 1.165) is 22.8 Å². The second-order valence-corrected chi connectivity index (χ2v) is 6.13. The smallest absolute Gasteiger partial charge is 0.213 e. The molecule has 0 aliphatic carbocycles. The summed E-state index contributed by atoms with van der Waals surface area (Å²) in [6.45, 7) is 3.16. The Hall–Kier alpha value is -2.60. The summed E-state index contributed by atoms with van der Waals surface area (Å²) < 4.78 is 15.8. The summed E-state index contributed by atoms with van der Waals surface area (Å²) in [5.41, 5.74) is 2.44. The zero-order valence-corrected chi connectivity index (χ0v) is 16.0. The van der Waals surface area contributed by atoms with Gasteiger partial charge in [-0.1, -0.05) is 6.07 Å². The highest BCUT2D eigenvalue weighted by Crippen LogP contribution is 2.25. The standard InChI is InChI=1S/C20H26N2O4/c1-14-10-16(11-20(21-14)26-5)18(23)8-9-22(2)13-15-6-7-17(24-3)12-19(15)25-4/h6-7,10-12H,8-9,13H2,1-5H3. The molecule has 6 heteroatoms. The van der Waals surface area contributed by atoms with Crippen LogP contribution >= 0.6 is 0 Å². The van der Waals surface area contributed by atoms with Gasteiger partial charge in [-0.25, -0.2) is 4.98 Å². The van der Waals surface area contributed by atoms with Crippen LogP contribution in [0.4, 0.5) is 0 Å². The molecule has 0 fully saturated rings. The topological polar surface area (TPSA) is 60.9 Å². The van der Waals surface area contributed by atoms with Crippen LogP contribution in [0, 0.1) is 6.92 Å². The minimum Gasteiger partial charge on any atom is -0.497 e. The third kappa shape index (κ3) is 5.20. The van der Waals surface area contributed by atoms with Crippen LogP contribution in [0.5, 0.6) is 17.4 Å². The number of methoxy groups -OCH3 is 3. The Bertz CT molecular complexity index is 761. The number of aromatic nitrogens is 1. The number of carbonyl (C=O) groups excluding carboxylic acids is 1. The fourth-order valence-electron chi connectivity index (χ4n) is 2.69. The molecule has 0 N–H and O–H groups in total. The lowest BCUT2D eigenvalue weighted by Crippen LogP contribution is -2.22. The molecule has 0 saturated heterocycles. The van der Waals surface area contributed by atoms with E-state index in [0.29, 0.717) is 31.0 Å². The van der Waals surface area contributed by atoms with Crippen LogP contribution < -0.4 is 14.2 Å². The average molecular weight is 358 g/mol. The first-order valence-corrected chi connectivity index (χ1v) is 8.42. The van der Waals surface area contributed by atoms with Gasteiger partial charge >= 0.3 is 0 Å². The van der Waals surface area contributed by atoms with Crippen molar-refractivity contribution in [2.24, 2.45) is 0 Å². The minimum atomic E-state index is 0.0716. The zero-order chi connectivity index (χ0) is 19.1. The fraction of sp³-hybridized carbons (Fsp3) is 0.400. The maximum absolute atomic E-state index is 12.5. The second kappa shape index (κ2) is 9.20. The number of ether oxygens (including phenoxy) is 3. The average Bonchev–Trinajstić information content (AvgIpc) is 2.65. The Balaban J connectivity index is 1.97. The lowest BCUT2D eigenvalue weighted by atomic mass is 10.1. The van der Waals surface area contributed by atoms with E-state index in [4.69, 9.17) is 14.2 Å². The Labute approximate surface area is 154 Å². The Morgan fingerprint density at radius 2 is 1.85 bits per heavy atom. The number of pyridine rings is 1. The van der Waals surface area contributed by atoms with E-state index >= 15 is 0 Å². The van der Waals surface area contributed by atoms with Crippen molar-refractivity contribution in [1.82, 2.24) is 9.88 Å². The number of hydrogen-bond acceptors (Lipinski definition) is 6. The molecule has 26 heavy (non-hydrogen) atoms. The summed E-state index contributed by atoms with van der Waals surface area (Å²) in [5, 5.41) is 0. The lowest BCUT2D eigenvalue weighted by molar-refractivity contribution is 0.0967. The van der Waals surface area contributed by atoms with Crippen molar-refractivity contribution in [2.45, 2.75) is 19.9 Å². The quantitative estimate of drug-likeness (QED) is 0.642. The molecular weight excluding hydrogens is 332 g/mol. The first kappa shape index (κ1) is 19.7. The van der Waals surface area contributed by atoms with Crippen molar-refractivity contribution in [2.75, 3.05) is 34.9 Å². The first-order valence-electron chi connectivity index (χ1n) is 8.42. The van der Waals surface area contributed by atoms with E-state index in [9.17, 15) is 4.79 Å². The third-order valence-electron chi connectivity index (χ3n) is 4.12. The monoisotopic (exact) mass is 358 g/mol. The summed E-state index contributed by atoms with van der Waals surface area (Å²) in [6.07, 6.45) is 0.418. The van der Waals surface area contributed by atoms with Crippen LogP contribution in [0.15, 0.2) is 30.3 Å². The van der Waals surface area contributed by atoms with Crippen molar-refractivity contribution in [3.8, 4) is 17.4 Å². The normalized spacial score (nSPS) is 10.7. The van der Waals surface area contributed by atoms with Gasteiger partial charge in [0.1, 0.15) is 11.5 Å². The molecule has 1 aromatic carbocycles. The first-order chi connectivity index (χ1) is 12.5. The number of aryl methyl sites for hydroxylation is 1. The van der Waals surface area contributed by atoms with Gasteiger partial charge in [0.15, 0.2) is 5.78 Å². The van der Waals surface area contributed by atoms with E-state index in [-0.39, 0.29) is 5.78 Å². The Morgan fingerprint density at radius 1 is 1.08 bits per heavy atom. The summed E-state index contributed by atoms with van der Waals surface area (Å²) in [5.74, 6) is 2.06. The molecule has 0 radical (unpaired) electrons. The Kier molecular flexibility index (Phi) is 6.97. The van der Waals surface area contributed by atoms with Gasteiger partial charge in [0.2, 0.25) is 5.88 Å². The maximum atomic E-state index is 12.5. The fourth-order valence-corrected chi connectivity index (χ4v) is 2.69. The number of Topliss-reactive ketones (excluding diaryl/α,β-unsaturated/α-hetero) is 1. The van der Waals surface area contributed by atoms with Gasteiger partial charge in [-0.2, -0.15) is 0 Å².